The summed E-state index contributed by atoms with van der Waals surface area (Å²) in [6.45, 7) is 1.99. The lowest BCUT2D eigenvalue weighted by Crippen LogP contribution is -2.33. The van der Waals surface area contributed by atoms with Crippen molar-refractivity contribution in [1.29, 1.82) is 0 Å². The first kappa shape index (κ1) is 21.3. The molecule has 0 aliphatic heterocycles. The zero-order valence-corrected chi connectivity index (χ0v) is 14.8. The first-order chi connectivity index (χ1) is 11.8. The highest BCUT2D eigenvalue weighted by Crippen LogP contribution is 2.22. The molecular formula is C15H23NO8S. The third kappa shape index (κ3) is 7.36. The maximum absolute atomic E-state index is 11.2. The summed E-state index contributed by atoms with van der Waals surface area (Å²) in [4.78, 5) is 10.7. The lowest BCUT2D eigenvalue weighted by atomic mass is 10.1. The van der Waals surface area contributed by atoms with Crippen LogP contribution >= 0.6 is 0 Å². The van der Waals surface area contributed by atoms with E-state index in [1.54, 1.807) is 19.1 Å². The average molecular weight is 377 g/mol. The molecule has 0 fully saturated rings. The van der Waals surface area contributed by atoms with Gasteiger partial charge in [0.25, 0.3) is 10.1 Å². The van der Waals surface area contributed by atoms with Gasteiger partial charge in [-0.3, -0.25) is 8.98 Å². The Hall–Kier alpha value is -1.72. The van der Waals surface area contributed by atoms with Crippen LogP contribution < -0.4 is 10.1 Å². The maximum Gasteiger partial charge on any atom is 0.267 e. The fraction of sp³-hybridized carbons (Fsp3) is 0.533. The van der Waals surface area contributed by atoms with Gasteiger partial charge < -0.3 is 25.0 Å². The molecule has 0 saturated heterocycles. The molecule has 3 N–H and O–H groups in total. The number of amides is 1. The second-order valence-electron chi connectivity index (χ2n) is 4.97. The minimum atomic E-state index is -3.67. The molecule has 0 aliphatic rings. The largest absolute Gasteiger partial charge is 0.465 e. The summed E-state index contributed by atoms with van der Waals surface area (Å²) < 4.78 is 37.0. The minimum Gasteiger partial charge on any atom is -0.465 e. The van der Waals surface area contributed by atoms with E-state index in [2.05, 4.69) is 9.50 Å². The first-order valence-electron chi connectivity index (χ1n) is 7.55. The highest BCUT2D eigenvalue weighted by atomic mass is 32.2. The van der Waals surface area contributed by atoms with Crippen molar-refractivity contribution in [3.8, 4) is 5.75 Å². The number of benzene rings is 1. The summed E-state index contributed by atoms with van der Waals surface area (Å²) in [6.07, 6.45) is -2.24. The highest BCUT2D eigenvalue weighted by Gasteiger charge is 2.21. The second-order valence-corrected chi connectivity index (χ2v) is 6.82. The van der Waals surface area contributed by atoms with Gasteiger partial charge in [-0.15, -0.1) is 0 Å². The van der Waals surface area contributed by atoms with Gasteiger partial charge in [-0.25, -0.2) is 0 Å². The molecule has 0 aromatic heterocycles. The molecule has 25 heavy (non-hydrogen) atoms. The molecule has 3 atom stereocenters. The normalized spacial score (nSPS) is 15.2. The van der Waals surface area contributed by atoms with Gasteiger partial charge in [-0.1, -0.05) is 12.1 Å². The summed E-state index contributed by atoms with van der Waals surface area (Å²) in [5.41, 5.74) is 0.567. The number of aliphatic hydroxyl groups excluding tert-OH is 2. The fourth-order valence-corrected chi connectivity index (χ4v) is 2.64. The van der Waals surface area contributed by atoms with Crippen LogP contribution in [0.5, 0.6) is 5.75 Å². The molecule has 0 radical (unpaired) electrons. The number of rotatable bonds is 12. The lowest BCUT2D eigenvalue weighted by Gasteiger charge is -2.22. The van der Waals surface area contributed by atoms with Crippen molar-refractivity contribution in [3.63, 3.8) is 0 Å². The summed E-state index contributed by atoms with van der Waals surface area (Å²) in [7, 11) is -2.63. The smallest absolute Gasteiger partial charge is 0.267 e. The molecule has 1 amide bonds. The number of ether oxygens (including phenoxy) is 2. The van der Waals surface area contributed by atoms with Crippen molar-refractivity contribution in [1.82, 2.24) is 5.32 Å². The molecule has 1 aromatic carbocycles. The number of aliphatic hydroxyl groups is 2. The van der Waals surface area contributed by atoms with Crippen LogP contribution in [0.4, 0.5) is 0 Å². The molecule has 0 saturated carbocycles. The Morgan fingerprint density at radius 2 is 1.88 bits per heavy atom. The van der Waals surface area contributed by atoms with E-state index < -0.39 is 28.7 Å². The molecule has 0 bridgehead atoms. The van der Waals surface area contributed by atoms with Crippen molar-refractivity contribution in [2.75, 3.05) is 19.5 Å². The Balaban J connectivity index is 2.69. The zero-order valence-electron chi connectivity index (χ0n) is 14.0. The molecule has 1 rings (SSSR count). The van der Waals surface area contributed by atoms with Crippen LogP contribution in [0.3, 0.4) is 0 Å². The third-order valence-corrected chi connectivity index (χ3v) is 4.49. The first-order valence-corrected chi connectivity index (χ1v) is 9.13. The molecule has 0 aliphatic carbocycles. The van der Waals surface area contributed by atoms with Gasteiger partial charge in [-0.2, -0.15) is 8.42 Å². The van der Waals surface area contributed by atoms with E-state index in [-0.39, 0.29) is 18.8 Å². The predicted octanol–water partition coefficient (Wildman–Crippen LogP) is -0.108. The van der Waals surface area contributed by atoms with Gasteiger partial charge in [0.1, 0.15) is 11.8 Å². The van der Waals surface area contributed by atoms with Gasteiger partial charge in [0.15, 0.2) is 12.6 Å². The van der Waals surface area contributed by atoms with Crippen molar-refractivity contribution in [2.24, 2.45) is 0 Å². The molecule has 10 heteroatoms. The van der Waals surface area contributed by atoms with Crippen molar-refractivity contribution >= 4 is 16.5 Å². The molecule has 9 nitrogen and oxygen atoms in total. The molecule has 1 aromatic rings. The SMILES string of the molecule is CCOC(O)C(NC=O)c1ccc(OC(O)CCS(=O)(=O)OC)cc1. The van der Waals surface area contributed by atoms with Crippen LogP contribution in [-0.2, 0) is 23.8 Å². The number of hydrogen-bond donors (Lipinski definition) is 3. The lowest BCUT2D eigenvalue weighted by molar-refractivity contribution is -0.128. The summed E-state index contributed by atoms with van der Waals surface area (Å²) in [5, 5.41) is 22.1. The Bertz CT molecular complexity index is 619. The summed E-state index contributed by atoms with van der Waals surface area (Å²) in [5.74, 6) is -0.0870. The predicted molar refractivity (Wildman–Crippen MR) is 88.1 cm³/mol. The van der Waals surface area contributed by atoms with E-state index in [1.807, 2.05) is 0 Å². The van der Waals surface area contributed by atoms with Crippen LogP contribution in [0.2, 0.25) is 0 Å². The minimum absolute atomic E-state index is 0.156. The van der Waals surface area contributed by atoms with Crippen LogP contribution in [0, 0.1) is 0 Å². The molecule has 3 unspecified atom stereocenters. The summed E-state index contributed by atoms with van der Waals surface area (Å²) >= 11 is 0. The van der Waals surface area contributed by atoms with Gasteiger partial charge in [0.05, 0.1) is 12.9 Å². The Labute approximate surface area is 146 Å². The third-order valence-electron chi connectivity index (χ3n) is 3.25. The summed E-state index contributed by atoms with van der Waals surface area (Å²) in [6, 6.07) is 5.43. The van der Waals surface area contributed by atoms with Gasteiger partial charge in [0, 0.05) is 13.0 Å². The van der Waals surface area contributed by atoms with Crippen molar-refractivity contribution in [2.45, 2.75) is 32.0 Å². The van der Waals surface area contributed by atoms with E-state index in [9.17, 15) is 23.4 Å². The molecule has 142 valence electrons. The van der Waals surface area contributed by atoms with Crippen molar-refractivity contribution in [3.05, 3.63) is 29.8 Å². The Morgan fingerprint density at radius 3 is 2.40 bits per heavy atom. The maximum atomic E-state index is 11.2. The fourth-order valence-electron chi connectivity index (χ4n) is 1.98. The molecular weight excluding hydrogens is 354 g/mol. The number of hydrogen-bond acceptors (Lipinski definition) is 8. The van der Waals surface area contributed by atoms with E-state index in [4.69, 9.17) is 9.47 Å². The monoisotopic (exact) mass is 377 g/mol. The van der Waals surface area contributed by atoms with E-state index in [0.717, 1.165) is 7.11 Å². The molecule has 0 spiro atoms. The number of carbonyl (C=O) groups is 1. The topological polar surface area (TPSA) is 131 Å². The van der Waals surface area contributed by atoms with Crippen LogP contribution in [-0.4, -0.2) is 57.1 Å². The Morgan fingerprint density at radius 1 is 1.24 bits per heavy atom. The second kappa shape index (κ2) is 10.3. The van der Waals surface area contributed by atoms with E-state index >= 15 is 0 Å². The van der Waals surface area contributed by atoms with Gasteiger partial charge in [-0.05, 0) is 24.6 Å². The standard InChI is InChI=1S/C15H23NO8S/c1-3-23-15(19)14(16-10-17)11-4-6-12(7-5-11)24-13(18)8-9-25(20,21)22-2/h4-7,10,13-15,18-19H,3,8-9H2,1-2H3,(H,16,17). The zero-order chi connectivity index (χ0) is 18.9. The van der Waals surface area contributed by atoms with Gasteiger partial charge >= 0.3 is 0 Å². The highest BCUT2D eigenvalue weighted by molar-refractivity contribution is 7.86. The van der Waals surface area contributed by atoms with E-state index in [0.29, 0.717) is 17.7 Å². The Kier molecular flexibility index (Phi) is 8.79. The van der Waals surface area contributed by atoms with E-state index in [1.165, 1.54) is 12.1 Å². The van der Waals surface area contributed by atoms with Crippen LogP contribution in [0.25, 0.3) is 0 Å². The van der Waals surface area contributed by atoms with Crippen LogP contribution in [0.15, 0.2) is 24.3 Å². The van der Waals surface area contributed by atoms with Crippen LogP contribution in [0.1, 0.15) is 24.9 Å². The molecule has 0 heterocycles. The average Bonchev–Trinajstić information content (AvgIpc) is 2.59. The van der Waals surface area contributed by atoms with Crippen molar-refractivity contribution < 1.29 is 37.1 Å². The quantitative estimate of drug-likeness (QED) is 0.261. The van der Waals surface area contributed by atoms with Gasteiger partial charge in [0.2, 0.25) is 6.41 Å². The number of carbonyl (C=O) groups excluding carboxylic acids is 1. The number of nitrogens with one attached hydrogen (secondary N) is 1.